The topological polar surface area (TPSA) is 46.6 Å². The summed E-state index contributed by atoms with van der Waals surface area (Å²) in [5.41, 5.74) is 4.29. The van der Waals surface area contributed by atoms with E-state index in [0.717, 1.165) is 36.1 Å². The minimum Gasteiger partial charge on any atom is -0.376 e. The van der Waals surface area contributed by atoms with Gasteiger partial charge in [-0.25, -0.2) is 8.42 Å². The molecule has 1 saturated carbocycles. The Labute approximate surface area is 154 Å². The van der Waals surface area contributed by atoms with Crippen molar-refractivity contribution in [3.05, 3.63) is 59.2 Å². The van der Waals surface area contributed by atoms with Gasteiger partial charge < -0.3 is 4.74 Å². The van der Waals surface area contributed by atoms with Crippen LogP contribution in [0.4, 0.5) is 5.69 Å². The molecule has 2 aromatic rings. The van der Waals surface area contributed by atoms with Gasteiger partial charge in [-0.2, -0.15) is 0 Å². The molecule has 0 amide bonds. The number of hydrogen-bond acceptors (Lipinski definition) is 3. The third-order valence-corrected chi connectivity index (χ3v) is 8.05. The maximum atomic E-state index is 13.5. The SMILES string of the molecule is O=S(=O)(c1ccc2c(c1)CCOC2)N1CC2(CCCC2)c2ccccc21. The Morgan fingerprint density at radius 3 is 2.65 bits per heavy atom. The van der Waals surface area contributed by atoms with Crippen LogP contribution < -0.4 is 4.31 Å². The van der Waals surface area contributed by atoms with E-state index in [1.807, 2.05) is 30.3 Å². The van der Waals surface area contributed by atoms with Gasteiger partial charge >= 0.3 is 0 Å². The van der Waals surface area contributed by atoms with Gasteiger partial charge in [0.05, 0.1) is 23.8 Å². The minimum atomic E-state index is -3.56. The van der Waals surface area contributed by atoms with Crippen LogP contribution in [0.3, 0.4) is 0 Å². The van der Waals surface area contributed by atoms with Gasteiger partial charge in [-0.3, -0.25) is 4.31 Å². The second kappa shape index (κ2) is 5.83. The minimum absolute atomic E-state index is 0.00567. The molecule has 26 heavy (non-hydrogen) atoms. The highest BCUT2D eigenvalue weighted by Crippen LogP contribution is 2.51. The van der Waals surface area contributed by atoms with Gasteiger partial charge in [0.15, 0.2) is 0 Å². The van der Waals surface area contributed by atoms with Crippen molar-refractivity contribution in [2.24, 2.45) is 0 Å². The summed E-state index contributed by atoms with van der Waals surface area (Å²) in [5.74, 6) is 0. The molecule has 1 fully saturated rings. The largest absolute Gasteiger partial charge is 0.376 e. The number of sulfonamides is 1. The molecule has 0 saturated heterocycles. The van der Waals surface area contributed by atoms with Crippen LogP contribution in [0.5, 0.6) is 0 Å². The molecule has 5 rings (SSSR count). The van der Waals surface area contributed by atoms with Crippen molar-refractivity contribution >= 4 is 15.7 Å². The molecule has 0 atom stereocenters. The van der Waals surface area contributed by atoms with E-state index in [1.165, 1.54) is 18.4 Å². The normalized spacial score (nSPS) is 21.0. The van der Waals surface area contributed by atoms with Crippen LogP contribution >= 0.6 is 0 Å². The number of ether oxygens (including phenoxy) is 1. The van der Waals surface area contributed by atoms with Crippen molar-refractivity contribution in [2.45, 2.75) is 49.0 Å². The quantitative estimate of drug-likeness (QED) is 0.809. The first-order chi connectivity index (χ1) is 12.6. The Morgan fingerprint density at radius 1 is 1.00 bits per heavy atom. The Bertz CT molecular complexity index is 961. The van der Waals surface area contributed by atoms with Crippen LogP contribution in [0.15, 0.2) is 47.4 Å². The Hall–Kier alpha value is -1.85. The van der Waals surface area contributed by atoms with Gasteiger partial charge in [0.2, 0.25) is 0 Å². The molecule has 2 aromatic carbocycles. The molecule has 0 N–H and O–H groups in total. The fraction of sp³-hybridized carbons (Fsp3) is 0.429. The van der Waals surface area contributed by atoms with Crippen LogP contribution in [0.25, 0.3) is 0 Å². The van der Waals surface area contributed by atoms with Crippen molar-refractivity contribution in [2.75, 3.05) is 17.5 Å². The average Bonchev–Trinajstić information content (AvgIpc) is 3.28. The molecule has 136 valence electrons. The lowest BCUT2D eigenvalue weighted by Crippen LogP contribution is -2.35. The second-order valence-electron chi connectivity index (χ2n) is 7.75. The summed E-state index contributed by atoms with van der Waals surface area (Å²) < 4.78 is 34.2. The van der Waals surface area contributed by atoms with E-state index in [2.05, 4.69) is 6.07 Å². The Morgan fingerprint density at radius 2 is 1.81 bits per heavy atom. The van der Waals surface area contributed by atoms with E-state index in [0.29, 0.717) is 24.7 Å². The molecule has 1 aliphatic carbocycles. The van der Waals surface area contributed by atoms with Crippen molar-refractivity contribution in [1.29, 1.82) is 0 Å². The fourth-order valence-corrected chi connectivity index (χ4v) is 6.53. The third kappa shape index (κ3) is 2.33. The standard InChI is InChI=1S/C21H23NO3S/c23-26(24,18-8-7-17-14-25-12-9-16(17)13-18)22-15-21(10-3-4-11-21)19-5-1-2-6-20(19)22/h1-2,5-8,13H,3-4,9-12,14-15H2. The van der Waals surface area contributed by atoms with Gasteiger partial charge in [-0.1, -0.05) is 37.1 Å². The zero-order valence-electron chi connectivity index (χ0n) is 14.8. The first kappa shape index (κ1) is 16.3. The number of hydrogen-bond donors (Lipinski definition) is 0. The van der Waals surface area contributed by atoms with Gasteiger partial charge in [0, 0.05) is 12.0 Å². The fourth-order valence-electron chi connectivity index (χ4n) is 4.91. The zero-order chi connectivity index (χ0) is 17.8. The molecule has 0 radical (unpaired) electrons. The Balaban J connectivity index is 1.59. The lowest BCUT2D eigenvalue weighted by molar-refractivity contribution is 0.110. The van der Waals surface area contributed by atoms with Crippen LogP contribution in [0.1, 0.15) is 42.4 Å². The zero-order valence-corrected chi connectivity index (χ0v) is 15.6. The Kier molecular flexibility index (Phi) is 3.66. The van der Waals surface area contributed by atoms with Crippen molar-refractivity contribution < 1.29 is 13.2 Å². The molecular formula is C21H23NO3S. The smallest absolute Gasteiger partial charge is 0.264 e. The number of anilines is 1. The van der Waals surface area contributed by atoms with Crippen LogP contribution in [0.2, 0.25) is 0 Å². The third-order valence-electron chi connectivity index (χ3n) is 6.29. The van der Waals surface area contributed by atoms with E-state index >= 15 is 0 Å². The average molecular weight is 369 g/mol. The van der Waals surface area contributed by atoms with Crippen molar-refractivity contribution in [3.63, 3.8) is 0 Å². The molecule has 0 unspecified atom stereocenters. The van der Waals surface area contributed by atoms with Gasteiger partial charge in [-0.15, -0.1) is 0 Å². The molecule has 2 aliphatic heterocycles. The number of para-hydroxylation sites is 1. The van der Waals surface area contributed by atoms with E-state index in [4.69, 9.17) is 4.74 Å². The van der Waals surface area contributed by atoms with Crippen LogP contribution in [0, 0.1) is 0 Å². The monoisotopic (exact) mass is 369 g/mol. The summed E-state index contributed by atoms with van der Waals surface area (Å²) >= 11 is 0. The molecule has 5 heteroatoms. The van der Waals surface area contributed by atoms with Gasteiger partial charge in [0.25, 0.3) is 10.0 Å². The summed E-state index contributed by atoms with van der Waals surface area (Å²) in [6, 6.07) is 13.6. The first-order valence-electron chi connectivity index (χ1n) is 9.42. The molecule has 4 nitrogen and oxygen atoms in total. The number of fused-ring (bicyclic) bond motifs is 3. The summed E-state index contributed by atoms with van der Waals surface area (Å²) in [6.45, 7) is 1.81. The van der Waals surface area contributed by atoms with Crippen LogP contribution in [-0.2, 0) is 33.2 Å². The number of rotatable bonds is 2. The molecule has 2 heterocycles. The summed E-state index contributed by atoms with van der Waals surface area (Å²) in [4.78, 5) is 0.406. The van der Waals surface area contributed by atoms with E-state index in [1.54, 1.807) is 10.4 Å². The molecule has 1 spiro atoms. The first-order valence-corrected chi connectivity index (χ1v) is 10.9. The molecule has 3 aliphatic rings. The summed E-state index contributed by atoms with van der Waals surface area (Å²) in [5, 5.41) is 0. The lowest BCUT2D eigenvalue weighted by Gasteiger charge is -2.26. The van der Waals surface area contributed by atoms with E-state index < -0.39 is 10.0 Å². The second-order valence-corrected chi connectivity index (χ2v) is 9.61. The van der Waals surface area contributed by atoms with E-state index in [9.17, 15) is 8.42 Å². The summed E-state index contributed by atoms with van der Waals surface area (Å²) in [7, 11) is -3.56. The van der Waals surface area contributed by atoms with Crippen molar-refractivity contribution in [3.8, 4) is 0 Å². The molecule has 0 aromatic heterocycles. The maximum Gasteiger partial charge on any atom is 0.264 e. The highest BCUT2D eigenvalue weighted by Gasteiger charge is 2.48. The maximum absolute atomic E-state index is 13.5. The van der Waals surface area contributed by atoms with Gasteiger partial charge in [0.1, 0.15) is 0 Å². The van der Waals surface area contributed by atoms with Gasteiger partial charge in [-0.05, 0) is 54.2 Å². The highest BCUT2D eigenvalue weighted by molar-refractivity contribution is 7.92. The van der Waals surface area contributed by atoms with Crippen molar-refractivity contribution in [1.82, 2.24) is 0 Å². The predicted octanol–water partition coefficient (Wildman–Crippen LogP) is 3.78. The highest BCUT2D eigenvalue weighted by atomic mass is 32.2. The molecular weight excluding hydrogens is 346 g/mol. The van der Waals surface area contributed by atoms with E-state index in [-0.39, 0.29) is 5.41 Å². The number of nitrogens with zero attached hydrogens (tertiary/aromatic N) is 1. The molecule has 0 bridgehead atoms. The lowest BCUT2D eigenvalue weighted by atomic mass is 9.81. The number of benzene rings is 2. The predicted molar refractivity (Wildman–Crippen MR) is 101 cm³/mol. The van der Waals surface area contributed by atoms with Crippen LogP contribution in [-0.4, -0.2) is 21.6 Å². The summed E-state index contributed by atoms with van der Waals surface area (Å²) in [6.07, 6.45) is 5.30.